The molecule has 0 saturated carbocycles. The van der Waals surface area contributed by atoms with Crippen molar-refractivity contribution in [3.05, 3.63) is 5.89 Å². The lowest BCUT2D eigenvalue weighted by Gasteiger charge is -2.26. The Morgan fingerprint density at radius 2 is 2.19 bits per heavy atom. The monoisotopic (exact) mass is 243 g/mol. The Labute approximate surface area is 97.3 Å². The fraction of sp³-hybridized carbons (Fsp3) is 0.667. The highest BCUT2D eigenvalue weighted by Crippen LogP contribution is 2.16. The smallest absolute Gasteiger partial charge is 0.277 e. The first-order valence-corrected chi connectivity index (χ1v) is 6.02. The molecule has 0 aromatic carbocycles. The SMILES string of the molecule is Cc1nnc(SCC(=O)N2CCOCC2)o1. The molecule has 0 spiro atoms. The lowest BCUT2D eigenvalue weighted by molar-refractivity contribution is -0.132. The van der Waals surface area contributed by atoms with Gasteiger partial charge in [-0.25, -0.2) is 0 Å². The van der Waals surface area contributed by atoms with Gasteiger partial charge in [-0.15, -0.1) is 10.2 Å². The molecule has 1 saturated heterocycles. The number of hydrogen-bond donors (Lipinski definition) is 0. The Kier molecular flexibility index (Phi) is 3.79. The van der Waals surface area contributed by atoms with Crippen LogP contribution < -0.4 is 0 Å². The largest absolute Gasteiger partial charge is 0.416 e. The van der Waals surface area contributed by atoms with Gasteiger partial charge in [-0.2, -0.15) is 0 Å². The minimum atomic E-state index is 0.0872. The first-order valence-electron chi connectivity index (χ1n) is 5.04. The normalized spacial score (nSPS) is 16.4. The minimum Gasteiger partial charge on any atom is -0.416 e. The highest BCUT2D eigenvalue weighted by molar-refractivity contribution is 7.99. The Morgan fingerprint density at radius 1 is 1.44 bits per heavy atom. The number of morpholine rings is 1. The lowest BCUT2D eigenvalue weighted by atomic mass is 10.4. The molecule has 1 aromatic heterocycles. The van der Waals surface area contributed by atoms with E-state index in [1.807, 2.05) is 0 Å². The molecule has 16 heavy (non-hydrogen) atoms. The molecule has 0 N–H and O–H groups in total. The van der Waals surface area contributed by atoms with Crippen LogP contribution in [0.25, 0.3) is 0 Å². The van der Waals surface area contributed by atoms with E-state index in [1.165, 1.54) is 11.8 Å². The van der Waals surface area contributed by atoms with Crippen LogP contribution in [-0.2, 0) is 9.53 Å². The first-order chi connectivity index (χ1) is 7.75. The number of hydrogen-bond acceptors (Lipinski definition) is 6. The topological polar surface area (TPSA) is 68.5 Å². The fourth-order valence-corrected chi connectivity index (χ4v) is 2.07. The summed E-state index contributed by atoms with van der Waals surface area (Å²) in [7, 11) is 0. The van der Waals surface area contributed by atoms with E-state index in [0.717, 1.165) is 0 Å². The molecule has 1 fully saturated rings. The van der Waals surface area contributed by atoms with E-state index in [1.54, 1.807) is 11.8 Å². The third kappa shape index (κ3) is 2.96. The highest BCUT2D eigenvalue weighted by atomic mass is 32.2. The Bertz CT molecular complexity index is 363. The second kappa shape index (κ2) is 5.31. The molecule has 6 nitrogen and oxygen atoms in total. The summed E-state index contributed by atoms with van der Waals surface area (Å²) >= 11 is 1.27. The molecule has 0 unspecified atom stereocenters. The number of thioether (sulfide) groups is 1. The number of carbonyl (C=O) groups excluding carboxylic acids is 1. The van der Waals surface area contributed by atoms with Crippen molar-refractivity contribution in [2.24, 2.45) is 0 Å². The van der Waals surface area contributed by atoms with Gasteiger partial charge in [-0.1, -0.05) is 11.8 Å². The van der Waals surface area contributed by atoms with Gasteiger partial charge in [0.05, 0.1) is 19.0 Å². The fourth-order valence-electron chi connectivity index (χ4n) is 1.36. The van der Waals surface area contributed by atoms with E-state index in [9.17, 15) is 4.79 Å². The molecule has 0 atom stereocenters. The summed E-state index contributed by atoms with van der Waals surface area (Å²) in [4.78, 5) is 13.5. The molecule has 2 rings (SSSR count). The molecule has 1 aromatic rings. The summed E-state index contributed by atoms with van der Waals surface area (Å²) in [6, 6.07) is 0. The molecule has 7 heteroatoms. The van der Waals surface area contributed by atoms with Crippen molar-refractivity contribution < 1.29 is 13.9 Å². The summed E-state index contributed by atoms with van der Waals surface area (Å²) < 4.78 is 10.3. The molecule has 2 heterocycles. The average molecular weight is 243 g/mol. The second-order valence-electron chi connectivity index (χ2n) is 3.37. The van der Waals surface area contributed by atoms with Crippen LogP contribution in [0.15, 0.2) is 9.64 Å². The number of rotatable bonds is 3. The zero-order chi connectivity index (χ0) is 11.4. The van der Waals surface area contributed by atoms with Gasteiger partial charge in [-0.3, -0.25) is 4.79 Å². The van der Waals surface area contributed by atoms with Crippen LogP contribution in [-0.4, -0.2) is 53.1 Å². The van der Waals surface area contributed by atoms with Gasteiger partial charge in [0, 0.05) is 20.0 Å². The van der Waals surface area contributed by atoms with Gasteiger partial charge in [0.2, 0.25) is 11.8 Å². The number of aromatic nitrogens is 2. The third-order valence-electron chi connectivity index (χ3n) is 2.19. The number of amides is 1. The lowest BCUT2D eigenvalue weighted by Crippen LogP contribution is -2.41. The van der Waals surface area contributed by atoms with E-state index in [0.29, 0.717) is 43.2 Å². The number of ether oxygens (including phenoxy) is 1. The van der Waals surface area contributed by atoms with Gasteiger partial charge in [0.15, 0.2) is 0 Å². The van der Waals surface area contributed by atoms with Gasteiger partial charge < -0.3 is 14.1 Å². The molecule has 1 aliphatic rings. The van der Waals surface area contributed by atoms with Crippen LogP contribution in [0.5, 0.6) is 0 Å². The van der Waals surface area contributed by atoms with Crippen LogP contribution in [0, 0.1) is 6.92 Å². The quantitative estimate of drug-likeness (QED) is 0.713. The third-order valence-corrected chi connectivity index (χ3v) is 2.99. The van der Waals surface area contributed by atoms with E-state index in [4.69, 9.17) is 9.15 Å². The molecular formula is C9H13N3O3S. The van der Waals surface area contributed by atoms with Crippen molar-refractivity contribution in [3.63, 3.8) is 0 Å². The predicted molar refractivity (Wildman–Crippen MR) is 57.2 cm³/mol. The first kappa shape index (κ1) is 11.4. The summed E-state index contributed by atoms with van der Waals surface area (Å²) in [6.45, 7) is 4.30. The van der Waals surface area contributed by atoms with Crippen molar-refractivity contribution in [2.75, 3.05) is 32.1 Å². The number of carbonyl (C=O) groups is 1. The van der Waals surface area contributed by atoms with Crippen LogP contribution in [0.1, 0.15) is 5.89 Å². The predicted octanol–water partition coefficient (Wildman–Crippen LogP) is 0.329. The van der Waals surface area contributed by atoms with Crippen molar-refractivity contribution in [3.8, 4) is 0 Å². The molecular weight excluding hydrogens is 230 g/mol. The standard InChI is InChI=1S/C9H13N3O3S/c1-7-10-11-9(15-7)16-6-8(13)12-2-4-14-5-3-12/h2-6H2,1H3. The molecule has 1 aliphatic heterocycles. The van der Waals surface area contributed by atoms with E-state index in [-0.39, 0.29) is 5.91 Å². The summed E-state index contributed by atoms with van der Waals surface area (Å²) in [5.41, 5.74) is 0. The van der Waals surface area contributed by atoms with Gasteiger partial charge in [-0.05, 0) is 0 Å². The zero-order valence-corrected chi connectivity index (χ0v) is 9.83. The molecule has 1 amide bonds. The van der Waals surface area contributed by atoms with E-state index in [2.05, 4.69) is 10.2 Å². The van der Waals surface area contributed by atoms with Crippen molar-refractivity contribution in [2.45, 2.75) is 12.1 Å². The maximum Gasteiger partial charge on any atom is 0.277 e. The van der Waals surface area contributed by atoms with Crippen molar-refractivity contribution in [1.29, 1.82) is 0 Å². The average Bonchev–Trinajstić information content (AvgIpc) is 2.73. The summed E-state index contributed by atoms with van der Waals surface area (Å²) in [6.07, 6.45) is 0. The maximum absolute atomic E-state index is 11.7. The molecule has 0 bridgehead atoms. The number of aryl methyl sites for hydroxylation is 1. The van der Waals surface area contributed by atoms with Gasteiger partial charge in [0.1, 0.15) is 0 Å². The van der Waals surface area contributed by atoms with E-state index >= 15 is 0 Å². The summed E-state index contributed by atoms with van der Waals surface area (Å²) in [5.74, 6) is 0.937. The second-order valence-corrected chi connectivity index (χ2v) is 4.30. The zero-order valence-electron chi connectivity index (χ0n) is 9.01. The number of nitrogens with zero attached hydrogens (tertiary/aromatic N) is 3. The van der Waals surface area contributed by atoms with Gasteiger partial charge >= 0.3 is 0 Å². The molecule has 0 radical (unpaired) electrons. The van der Waals surface area contributed by atoms with E-state index < -0.39 is 0 Å². The van der Waals surface area contributed by atoms with Crippen LogP contribution in [0.2, 0.25) is 0 Å². The molecule has 0 aliphatic carbocycles. The Hall–Kier alpha value is -1.08. The molecule has 88 valence electrons. The van der Waals surface area contributed by atoms with Crippen LogP contribution >= 0.6 is 11.8 Å². The minimum absolute atomic E-state index is 0.0872. The maximum atomic E-state index is 11.7. The Balaban J connectivity index is 1.78. The van der Waals surface area contributed by atoms with Crippen molar-refractivity contribution in [1.82, 2.24) is 15.1 Å². The van der Waals surface area contributed by atoms with Crippen LogP contribution in [0.4, 0.5) is 0 Å². The summed E-state index contributed by atoms with van der Waals surface area (Å²) in [5, 5.41) is 7.95. The van der Waals surface area contributed by atoms with Gasteiger partial charge in [0.25, 0.3) is 5.22 Å². The van der Waals surface area contributed by atoms with Crippen LogP contribution in [0.3, 0.4) is 0 Å². The Morgan fingerprint density at radius 3 is 2.81 bits per heavy atom. The highest BCUT2D eigenvalue weighted by Gasteiger charge is 2.17. The van der Waals surface area contributed by atoms with Crippen molar-refractivity contribution >= 4 is 17.7 Å².